The van der Waals surface area contributed by atoms with Crippen LogP contribution in [0.4, 0.5) is 5.69 Å². The van der Waals surface area contributed by atoms with Gasteiger partial charge in [-0.2, -0.15) is 0 Å². The van der Waals surface area contributed by atoms with Gasteiger partial charge in [0.25, 0.3) is 0 Å². The van der Waals surface area contributed by atoms with Gasteiger partial charge in [-0.15, -0.1) is 0 Å². The lowest BCUT2D eigenvalue weighted by Gasteiger charge is -2.25. The molecule has 0 saturated heterocycles. The van der Waals surface area contributed by atoms with Crippen molar-refractivity contribution in [3.63, 3.8) is 0 Å². The zero-order valence-electron chi connectivity index (χ0n) is 16.1. The maximum atomic E-state index is 12.4. The fourth-order valence-corrected chi connectivity index (χ4v) is 3.45. The number of rotatable bonds is 8. The van der Waals surface area contributed by atoms with Crippen molar-refractivity contribution >= 4 is 21.6 Å². The van der Waals surface area contributed by atoms with E-state index in [1.54, 1.807) is 24.3 Å². The number of ether oxygens (including phenoxy) is 1. The van der Waals surface area contributed by atoms with Gasteiger partial charge in [0.2, 0.25) is 15.9 Å². The summed E-state index contributed by atoms with van der Waals surface area (Å²) in [6.07, 6.45) is 0.954. The molecule has 1 amide bonds. The average molecular weight is 391 g/mol. The van der Waals surface area contributed by atoms with Crippen molar-refractivity contribution in [3.8, 4) is 5.75 Å². The molecule has 2 rings (SSSR count). The van der Waals surface area contributed by atoms with E-state index in [0.717, 1.165) is 21.7 Å². The van der Waals surface area contributed by atoms with Gasteiger partial charge in [-0.05, 0) is 44.0 Å². The van der Waals surface area contributed by atoms with Crippen LogP contribution >= 0.6 is 0 Å². The SMILES string of the molecule is Cc1ccccc1CNC(=O)CN(c1ccccc1OC(C)C)S(C)(=O)=O. The number of anilines is 1. The lowest BCUT2D eigenvalue weighted by Crippen LogP contribution is -2.40. The average Bonchev–Trinajstić information content (AvgIpc) is 2.58. The summed E-state index contributed by atoms with van der Waals surface area (Å²) >= 11 is 0. The molecule has 0 spiro atoms. The fraction of sp³-hybridized carbons (Fsp3) is 0.350. The third-order valence-corrected chi connectivity index (χ3v) is 5.05. The highest BCUT2D eigenvalue weighted by molar-refractivity contribution is 7.92. The number of carbonyl (C=O) groups is 1. The van der Waals surface area contributed by atoms with E-state index in [-0.39, 0.29) is 18.6 Å². The Morgan fingerprint density at radius 1 is 1.11 bits per heavy atom. The second-order valence-electron chi connectivity index (χ2n) is 6.61. The van der Waals surface area contributed by atoms with Crippen molar-refractivity contribution in [3.05, 3.63) is 59.7 Å². The van der Waals surface area contributed by atoms with Crippen LogP contribution in [0.15, 0.2) is 48.5 Å². The molecule has 6 nitrogen and oxygen atoms in total. The fourth-order valence-electron chi connectivity index (χ4n) is 2.59. The highest BCUT2D eigenvalue weighted by atomic mass is 32.2. The molecule has 27 heavy (non-hydrogen) atoms. The summed E-state index contributed by atoms with van der Waals surface area (Å²) in [4.78, 5) is 12.4. The first-order valence-corrected chi connectivity index (χ1v) is 10.6. The predicted molar refractivity (Wildman–Crippen MR) is 107 cm³/mol. The van der Waals surface area contributed by atoms with Crippen molar-refractivity contribution < 1.29 is 17.9 Å². The van der Waals surface area contributed by atoms with E-state index in [2.05, 4.69) is 5.32 Å². The van der Waals surface area contributed by atoms with Gasteiger partial charge in [-0.3, -0.25) is 9.10 Å². The maximum Gasteiger partial charge on any atom is 0.241 e. The minimum atomic E-state index is -3.67. The Balaban J connectivity index is 2.19. The van der Waals surface area contributed by atoms with Crippen molar-refractivity contribution in [2.24, 2.45) is 0 Å². The largest absolute Gasteiger partial charge is 0.489 e. The number of hydrogen-bond acceptors (Lipinski definition) is 4. The molecule has 0 fully saturated rings. The van der Waals surface area contributed by atoms with Crippen LogP contribution in [0, 0.1) is 6.92 Å². The number of nitrogens with zero attached hydrogens (tertiary/aromatic N) is 1. The number of carbonyl (C=O) groups excluding carboxylic acids is 1. The summed E-state index contributed by atoms with van der Waals surface area (Å²) in [5, 5.41) is 2.79. The standard InChI is InChI=1S/C20H26N2O4S/c1-15(2)26-19-12-8-7-11-18(19)22(27(4,24)25)14-20(23)21-13-17-10-6-5-9-16(17)3/h5-12,15H,13-14H2,1-4H3,(H,21,23). The smallest absolute Gasteiger partial charge is 0.241 e. The van der Waals surface area contributed by atoms with Gasteiger partial charge < -0.3 is 10.1 Å². The third-order valence-electron chi connectivity index (χ3n) is 3.92. The molecule has 0 saturated carbocycles. The van der Waals surface area contributed by atoms with Crippen LogP contribution in [0.5, 0.6) is 5.75 Å². The van der Waals surface area contributed by atoms with Crippen LogP contribution in [0.3, 0.4) is 0 Å². The quantitative estimate of drug-likeness (QED) is 0.752. The van der Waals surface area contributed by atoms with E-state index in [9.17, 15) is 13.2 Å². The van der Waals surface area contributed by atoms with Gasteiger partial charge in [0.1, 0.15) is 12.3 Å². The summed E-state index contributed by atoms with van der Waals surface area (Å²) in [6, 6.07) is 14.5. The zero-order chi connectivity index (χ0) is 20.0. The van der Waals surface area contributed by atoms with E-state index in [1.165, 1.54) is 0 Å². The molecule has 0 aliphatic rings. The number of nitrogens with one attached hydrogen (secondary N) is 1. The van der Waals surface area contributed by atoms with Crippen LogP contribution < -0.4 is 14.4 Å². The van der Waals surface area contributed by atoms with E-state index < -0.39 is 10.0 Å². The zero-order valence-corrected chi connectivity index (χ0v) is 16.9. The van der Waals surface area contributed by atoms with Crippen molar-refractivity contribution in [2.75, 3.05) is 17.1 Å². The second kappa shape index (κ2) is 8.90. The number of sulfonamides is 1. The first-order chi connectivity index (χ1) is 12.7. The molecule has 0 aromatic heterocycles. The molecule has 0 bridgehead atoms. The lowest BCUT2D eigenvalue weighted by atomic mass is 10.1. The first-order valence-electron chi connectivity index (χ1n) is 8.73. The van der Waals surface area contributed by atoms with Crippen LogP contribution in [-0.2, 0) is 21.4 Å². The predicted octanol–water partition coefficient (Wildman–Crippen LogP) is 2.86. The Kier molecular flexibility index (Phi) is 6.85. The first kappa shape index (κ1) is 20.8. The van der Waals surface area contributed by atoms with E-state index in [1.807, 2.05) is 45.0 Å². The molecule has 0 radical (unpaired) electrons. The molecule has 7 heteroatoms. The minimum Gasteiger partial charge on any atom is -0.489 e. The lowest BCUT2D eigenvalue weighted by molar-refractivity contribution is -0.119. The van der Waals surface area contributed by atoms with Crippen LogP contribution in [0.25, 0.3) is 0 Å². The summed E-state index contributed by atoms with van der Waals surface area (Å²) in [5.74, 6) is 0.0349. The van der Waals surface area contributed by atoms with Gasteiger partial charge in [0.05, 0.1) is 18.0 Å². The number of benzene rings is 2. The van der Waals surface area contributed by atoms with Gasteiger partial charge in [0, 0.05) is 6.54 Å². The Labute approximate surface area is 161 Å². The molecule has 0 aliphatic heterocycles. The van der Waals surface area contributed by atoms with E-state index in [4.69, 9.17) is 4.74 Å². The molecule has 0 atom stereocenters. The topological polar surface area (TPSA) is 75.7 Å². The molecule has 0 heterocycles. The maximum absolute atomic E-state index is 12.4. The molecule has 2 aromatic carbocycles. The minimum absolute atomic E-state index is 0.123. The van der Waals surface area contributed by atoms with Crippen LogP contribution in [0.2, 0.25) is 0 Å². The number of aryl methyl sites for hydroxylation is 1. The summed E-state index contributed by atoms with van der Waals surface area (Å²) < 4.78 is 31.4. The highest BCUT2D eigenvalue weighted by Gasteiger charge is 2.24. The number of para-hydroxylation sites is 2. The normalized spacial score (nSPS) is 11.3. The van der Waals surface area contributed by atoms with Gasteiger partial charge >= 0.3 is 0 Å². The second-order valence-corrected chi connectivity index (χ2v) is 8.51. The Morgan fingerprint density at radius 2 is 1.74 bits per heavy atom. The van der Waals surface area contributed by atoms with Crippen molar-refractivity contribution in [2.45, 2.75) is 33.4 Å². The molecular weight excluding hydrogens is 364 g/mol. The molecule has 0 unspecified atom stereocenters. The Bertz CT molecular complexity index is 894. The van der Waals surface area contributed by atoms with Crippen LogP contribution in [0.1, 0.15) is 25.0 Å². The Morgan fingerprint density at radius 3 is 2.37 bits per heavy atom. The van der Waals surface area contributed by atoms with Gasteiger partial charge in [-0.1, -0.05) is 36.4 Å². The van der Waals surface area contributed by atoms with E-state index >= 15 is 0 Å². The van der Waals surface area contributed by atoms with Gasteiger partial charge in [-0.25, -0.2) is 8.42 Å². The van der Waals surface area contributed by atoms with Crippen LogP contribution in [-0.4, -0.2) is 33.2 Å². The van der Waals surface area contributed by atoms with E-state index in [0.29, 0.717) is 18.0 Å². The third kappa shape index (κ3) is 5.99. The number of amides is 1. The monoisotopic (exact) mass is 390 g/mol. The molecule has 2 aromatic rings. The molecule has 1 N–H and O–H groups in total. The number of hydrogen-bond donors (Lipinski definition) is 1. The summed E-state index contributed by atoms with van der Waals surface area (Å²) in [5.41, 5.74) is 2.40. The molecule has 146 valence electrons. The Hall–Kier alpha value is -2.54. The molecular formula is C20H26N2O4S. The highest BCUT2D eigenvalue weighted by Crippen LogP contribution is 2.30. The summed E-state index contributed by atoms with van der Waals surface area (Å²) in [6.45, 7) is 5.70. The molecule has 0 aliphatic carbocycles. The summed E-state index contributed by atoms with van der Waals surface area (Å²) in [7, 11) is -3.67. The van der Waals surface area contributed by atoms with Crippen molar-refractivity contribution in [1.29, 1.82) is 0 Å². The van der Waals surface area contributed by atoms with Crippen molar-refractivity contribution in [1.82, 2.24) is 5.32 Å². The van der Waals surface area contributed by atoms with Gasteiger partial charge in [0.15, 0.2) is 0 Å².